The van der Waals surface area contributed by atoms with Crippen LogP contribution in [-0.2, 0) is 0 Å². The van der Waals surface area contributed by atoms with E-state index in [0.717, 1.165) is 24.3 Å². The number of hydrogen-bond donors (Lipinski definition) is 0. The molecular formula is C13H20O2. The van der Waals surface area contributed by atoms with E-state index in [0.29, 0.717) is 0 Å². The highest BCUT2D eigenvalue weighted by atomic mass is 16.5. The maximum absolute atomic E-state index is 5.89. The summed E-state index contributed by atoms with van der Waals surface area (Å²) in [5.74, 6) is 1.67. The van der Waals surface area contributed by atoms with Crippen LogP contribution < -0.4 is 9.47 Å². The highest BCUT2D eigenvalue weighted by Crippen LogP contribution is 2.29. The lowest BCUT2D eigenvalue weighted by Gasteiger charge is -2.18. The maximum atomic E-state index is 5.89. The Balaban J connectivity index is 2.86. The zero-order valence-electron chi connectivity index (χ0n) is 10.0. The molecule has 0 heterocycles. The molecule has 0 radical (unpaired) electrons. The van der Waals surface area contributed by atoms with Crippen molar-refractivity contribution in [2.24, 2.45) is 0 Å². The molecular weight excluding hydrogens is 188 g/mol. The van der Waals surface area contributed by atoms with Gasteiger partial charge in [0.1, 0.15) is 0 Å². The van der Waals surface area contributed by atoms with E-state index in [4.69, 9.17) is 9.47 Å². The molecule has 0 amide bonds. The number of rotatable bonds is 5. The van der Waals surface area contributed by atoms with Crippen molar-refractivity contribution in [3.63, 3.8) is 0 Å². The molecule has 0 saturated heterocycles. The van der Waals surface area contributed by atoms with E-state index in [-0.39, 0.29) is 6.10 Å². The Morgan fingerprint density at radius 1 is 1.13 bits per heavy atom. The molecule has 1 rings (SSSR count). The van der Waals surface area contributed by atoms with E-state index >= 15 is 0 Å². The van der Waals surface area contributed by atoms with Crippen molar-refractivity contribution in [1.29, 1.82) is 0 Å². The lowest BCUT2D eigenvalue weighted by atomic mass is 10.2. The summed E-state index contributed by atoms with van der Waals surface area (Å²) in [5, 5.41) is 0. The second-order valence-corrected chi connectivity index (χ2v) is 3.71. The molecule has 1 aromatic carbocycles. The van der Waals surface area contributed by atoms with Crippen LogP contribution in [0.5, 0.6) is 11.5 Å². The Bertz CT molecular complexity index is 303. The summed E-state index contributed by atoms with van der Waals surface area (Å²) < 4.78 is 11.2. The predicted molar refractivity (Wildman–Crippen MR) is 62.7 cm³/mol. The standard InChI is InChI=1S/C13H20O2/c1-5-11(6-2)15-13-9-10(3)7-8-12(13)14-4/h7-9,11H,5-6H2,1-4H3. The predicted octanol–water partition coefficient (Wildman–Crippen LogP) is 3.57. The van der Waals surface area contributed by atoms with Gasteiger partial charge in [-0.2, -0.15) is 0 Å². The average Bonchev–Trinajstić information content (AvgIpc) is 2.26. The lowest BCUT2D eigenvalue weighted by molar-refractivity contribution is 0.185. The molecule has 0 aliphatic carbocycles. The Kier molecular flexibility index (Phi) is 4.47. The van der Waals surface area contributed by atoms with E-state index in [1.54, 1.807) is 7.11 Å². The van der Waals surface area contributed by atoms with Gasteiger partial charge in [0, 0.05) is 0 Å². The average molecular weight is 208 g/mol. The van der Waals surface area contributed by atoms with Crippen LogP contribution in [-0.4, -0.2) is 13.2 Å². The fourth-order valence-electron chi connectivity index (χ4n) is 1.51. The Labute approximate surface area is 92.2 Å². The van der Waals surface area contributed by atoms with Crippen LogP contribution >= 0.6 is 0 Å². The quantitative estimate of drug-likeness (QED) is 0.736. The van der Waals surface area contributed by atoms with Crippen molar-refractivity contribution in [2.45, 2.75) is 39.7 Å². The number of ether oxygens (including phenoxy) is 2. The van der Waals surface area contributed by atoms with E-state index in [9.17, 15) is 0 Å². The minimum absolute atomic E-state index is 0.278. The fourth-order valence-corrected chi connectivity index (χ4v) is 1.51. The van der Waals surface area contributed by atoms with Crippen LogP contribution in [0.1, 0.15) is 32.3 Å². The molecule has 0 aliphatic heterocycles. The first kappa shape index (κ1) is 11.9. The van der Waals surface area contributed by atoms with Crippen LogP contribution in [0.2, 0.25) is 0 Å². The van der Waals surface area contributed by atoms with Gasteiger partial charge in [-0.05, 0) is 37.5 Å². The van der Waals surface area contributed by atoms with Crippen molar-refractivity contribution in [1.82, 2.24) is 0 Å². The summed E-state index contributed by atoms with van der Waals surface area (Å²) in [6.45, 7) is 6.33. The highest BCUT2D eigenvalue weighted by Gasteiger charge is 2.09. The molecule has 0 atom stereocenters. The normalized spacial score (nSPS) is 10.5. The zero-order chi connectivity index (χ0) is 11.3. The van der Waals surface area contributed by atoms with Gasteiger partial charge in [0.2, 0.25) is 0 Å². The van der Waals surface area contributed by atoms with Gasteiger partial charge in [0.15, 0.2) is 11.5 Å². The van der Waals surface area contributed by atoms with E-state index in [1.165, 1.54) is 5.56 Å². The third kappa shape index (κ3) is 3.15. The van der Waals surface area contributed by atoms with Gasteiger partial charge in [0.25, 0.3) is 0 Å². The first-order valence-corrected chi connectivity index (χ1v) is 5.52. The maximum Gasteiger partial charge on any atom is 0.161 e. The summed E-state index contributed by atoms with van der Waals surface area (Å²) in [5.41, 5.74) is 1.19. The summed E-state index contributed by atoms with van der Waals surface area (Å²) in [4.78, 5) is 0. The largest absolute Gasteiger partial charge is 0.493 e. The summed E-state index contributed by atoms with van der Waals surface area (Å²) in [6, 6.07) is 6.00. The van der Waals surface area contributed by atoms with Crippen molar-refractivity contribution >= 4 is 0 Å². The first-order chi connectivity index (χ1) is 7.21. The zero-order valence-corrected chi connectivity index (χ0v) is 10.0. The van der Waals surface area contributed by atoms with Crippen molar-refractivity contribution < 1.29 is 9.47 Å². The van der Waals surface area contributed by atoms with Crippen LogP contribution in [0.4, 0.5) is 0 Å². The molecule has 0 unspecified atom stereocenters. The Morgan fingerprint density at radius 2 is 1.80 bits per heavy atom. The minimum Gasteiger partial charge on any atom is -0.493 e. The third-order valence-electron chi connectivity index (χ3n) is 2.52. The van der Waals surface area contributed by atoms with Crippen molar-refractivity contribution in [3.8, 4) is 11.5 Å². The van der Waals surface area contributed by atoms with Gasteiger partial charge in [-0.1, -0.05) is 19.9 Å². The van der Waals surface area contributed by atoms with Crippen molar-refractivity contribution in [3.05, 3.63) is 23.8 Å². The highest BCUT2D eigenvalue weighted by molar-refractivity contribution is 5.42. The van der Waals surface area contributed by atoms with Crippen molar-refractivity contribution in [2.75, 3.05) is 7.11 Å². The molecule has 0 bridgehead atoms. The molecule has 0 spiro atoms. The summed E-state index contributed by atoms with van der Waals surface area (Å²) in [6.07, 6.45) is 2.32. The molecule has 2 heteroatoms. The molecule has 0 aliphatic rings. The molecule has 0 N–H and O–H groups in total. The van der Waals surface area contributed by atoms with Gasteiger partial charge < -0.3 is 9.47 Å². The van der Waals surface area contributed by atoms with E-state index < -0.39 is 0 Å². The SMILES string of the molecule is CCC(CC)Oc1cc(C)ccc1OC. The summed E-state index contributed by atoms with van der Waals surface area (Å²) >= 11 is 0. The van der Waals surface area contributed by atoms with Gasteiger partial charge in [-0.25, -0.2) is 0 Å². The van der Waals surface area contributed by atoms with Gasteiger partial charge in [-0.15, -0.1) is 0 Å². The number of aryl methyl sites for hydroxylation is 1. The van der Waals surface area contributed by atoms with Gasteiger partial charge in [0.05, 0.1) is 13.2 Å². The lowest BCUT2D eigenvalue weighted by Crippen LogP contribution is -2.14. The number of benzene rings is 1. The van der Waals surface area contributed by atoms with E-state index in [2.05, 4.69) is 20.8 Å². The summed E-state index contributed by atoms with van der Waals surface area (Å²) in [7, 11) is 1.67. The molecule has 0 saturated carbocycles. The van der Waals surface area contributed by atoms with Crippen LogP contribution in [0.25, 0.3) is 0 Å². The minimum atomic E-state index is 0.278. The molecule has 1 aromatic rings. The second kappa shape index (κ2) is 5.64. The van der Waals surface area contributed by atoms with Gasteiger partial charge in [-0.3, -0.25) is 0 Å². The molecule has 84 valence electrons. The Morgan fingerprint density at radius 3 is 2.33 bits per heavy atom. The molecule has 15 heavy (non-hydrogen) atoms. The molecule has 0 fully saturated rings. The van der Waals surface area contributed by atoms with Gasteiger partial charge >= 0.3 is 0 Å². The second-order valence-electron chi connectivity index (χ2n) is 3.71. The number of hydrogen-bond acceptors (Lipinski definition) is 2. The first-order valence-electron chi connectivity index (χ1n) is 5.52. The number of methoxy groups -OCH3 is 1. The van der Waals surface area contributed by atoms with Crippen LogP contribution in [0.3, 0.4) is 0 Å². The smallest absolute Gasteiger partial charge is 0.161 e. The molecule has 0 aromatic heterocycles. The fraction of sp³-hybridized carbons (Fsp3) is 0.538. The van der Waals surface area contributed by atoms with E-state index in [1.807, 2.05) is 18.2 Å². The molecule has 2 nitrogen and oxygen atoms in total. The monoisotopic (exact) mass is 208 g/mol. The van der Waals surface area contributed by atoms with Crippen LogP contribution in [0, 0.1) is 6.92 Å². The topological polar surface area (TPSA) is 18.5 Å². The third-order valence-corrected chi connectivity index (χ3v) is 2.52. The Hall–Kier alpha value is -1.18. The van der Waals surface area contributed by atoms with Crippen LogP contribution in [0.15, 0.2) is 18.2 Å².